The van der Waals surface area contributed by atoms with E-state index in [2.05, 4.69) is 4.84 Å². The standard InChI is InChI=1S/C5H10ClNO2/c1-7(9-2)5(8)3-4-6/h3-4H2,1-2H3. The fourth-order valence-electron chi connectivity index (χ4n) is 0.340. The Bertz CT molecular complexity index is 97.0. The lowest BCUT2D eigenvalue weighted by molar-refractivity contribution is -0.168. The maximum absolute atomic E-state index is 10.7. The minimum absolute atomic E-state index is 0.104. The fourth-order valence-corrected chi connectivity index (χ4v) is 0.502. The highest BCUT2D eigenvalue weighted by atomic mass is 35.5. The van der Waals surface area contributed by atoms with Crippen molar-refractivity contribution in [3.8, 4) is 0 Å². The van der Waals surface area contributed by atoms with Gasteiger partial charge in [-0.3, -0.25) is 9.63 Å². The van der Waals surface area contributed by atoms with E-state index in [4.69, 9.17) is 11.6 Å². The van der Waals surface area contributed by atoms with E-state index in [-0.39, 0.29) is 5.91 Å². The van der Waals surface area contributed by atoms with Crippen LogP contribution in [0.1, 0.15) is 6.42 Å². The minimum atomic E-state index is -0.104. The Morgan fingerprint density at radius 3 is 2.67 bits per heavy atom. The second-order valence-electron chi connectivity index (χ2n) is 1.51. The molecule has 0 aliphatic rings. The van der Waals surface area contributed by atoms with Gasteiger partial charge >= 0.3 is 0 Å². The van der Waals surface area contributed by atoms with Gasteiger partial charge in [-0.1, -0.05) is 0 Å². The van der Waals surface area contributed by atoms with Crippen LogP contribution in [0.5, 0.6) is 0 Å². The van der Waals surface area contributed by atoms with E-state index < -0.39 is 0 Å². The van der Waals surface area contributed by atoms with Crippen molar-refractivity contribution in [1.82, 2.24) is 5.06 Å². The molecule has 0 spiro atoms. The van der Waals surface area contributed by atoms with Crippen molar-refractivity contribution >= 4 is 17.5 Å². The quantitative estimate of drug-likeness (QED) is 0.438. The van der Waals surface area contributed by atoms with Crippen LogP contribution in [0.4, 0.5) is 0 Å². The molecule has 0 bridgehead atoms. The smallest absolute Gasteiger partial charge is 0.247 e. The lowest BCUT2D eigenvalue weighted by Gasteiger charge is -2.11. The topological polar surface area (TPSA) is 29.5 Å². The summed E-state index contributed by atoms with van der Waals surface area (Å²) in [7, 11) is 2.99. The van der Waals surface area contributed by atoms with Gasteiger partial charge < -0.3 is 0 Å². The first-order chi connectivity index (χ1) is 4.22. The van der Waals surface area contributed by atoms with Crippen LogP contribution in [0.3, 0.4) is 0 Å². The summed E-state index contributed by atoms with van der Waals surface area (Å²) in [6.45, 7) is 0. The number of hydroxylamine groups is 2. The van der Waals surface area contributed by atoms with Gasteiger partial charge in [-0.05, 0) is 0 Å². The molecule has 0 aromatic heterocycles. The summed E-state index contributed by atoms with van der Waals surface area (Å²) in [5.41, 5.74) is 0. The lowest BCUT2D eigenvalue weighted by Crippen LogP contribution is -2.25. The van der Waals surface area contributed by atoms with Gasteiger partial charge in [0.2, 0.25) is 5.91 Å². The monoisotopic (exact) mass is 151 g/mol. The molecule has 0 fully saturated rings. The summed E-state index contributed by atoms with van der Waals surface area (Å²) in [4.78, 5) is 15.3. The zero-order valence-electron chi connectivity index (χ0n) is 5.56. The molecular weight excluding hydrogens is 142 g/mol. The minimum Gasteiger partial charge on any atom is -0.275 e. The first kappa shape index (κ1) is 8.72. The first-order valence-electron chi connectivity index (χ1n) is 2.59. The van der Waals surface area contributed by atoms with Crippen molar-refractivity contribution in [3.63, 3.8) is 0 Å². The molecule has 3 nitrogen and oxygen atoms in total. The molecule has 0 unspecified atom stereocenters. The third kappa shape index (κ3) is 3.32. The fraction of sp³-hybridized carbons (Fsp3) is 0.800. The molecule has 0 aliphatic carbocycles. The van der Waals surface area contributed by atoms with Gasteiger partial charge in [0.25, 0.3) is 0 Å². The number of amides is 1. The molecule has 0 aromatic carbocycles. The number of carbonyl (C=O) groups excluding carboxylic acids is 1. The number of nitrogens with zero attached hydrogens (tertiary/aromatic N) is 1. The molecule has 0 radical (unpaired) electrons. The summed E-state index contributed by atoms with van der Waals surface area (Å²) in [5, 5.41) is 1.16. The summed E-state index contributed by atoms with van der Waals surface area (Å²) in [6, 6.07) is 0. The number of hydrogen-bond acceptors (Lipinski definition) is 2. The van der Waals surface area contributed by atoms with E-state index in [9.17, 15) is 4.79 Å². The molecule has 0 heterocycles. The molecule has 1 amide bonds. The lowest BCUT2D eigenvalue weighted by atomic mass is 10.4. The highest BCUT2D eigenvalue weighted by Gasteiger charge is 2.04. The van der Waals surface area contributed by atoms with Gasteiger partial charge in [0, 0.05) is 19.3 Å². The molecule has 0 aromatic rings. The molecule has 0 aliphatic heterocycles. The van der Waals surface area contributed by atoms with Crippen LogP contribution in [0.15, 0.2) is 0 Å². The Hall–Kier alpha value is -0.280. The van der Waals surface area contributed by atoms with Crippen LogP contribution in [0, 0.1) is 0 Å². The summed E-state index contributed by atoms with van der Waals surface area (Å²) in [6.07, 6.45) is 0.325. The summed E-state index contributed by atoms with van der Waals surface area (Å²) >= 11 is 5.29. The molecule has 0 atom stereocenters. The van der Waals surface area contributed by atoms with Gasteiger partial charge in [-0.2, -0.15) is 0 Å². The van der Waals surface area contributed by atoms with Gasteiger partial charge in [0.15, 0.2) is 0 Å². The van der Waals surface area contributed by atoms with Crippen LogP contribution in [-0.2, 0) is 9.63 Å². The Morgan fingerprint density at radius 2 is 2.33 bits per heavy atom. The molecule has 0 rings (SSSR count). The van der Waals surface area contributed by atoms with Crippen LogP contribution in [0.25, 0.3) is 0 Å². The number of halogens is 1. The number of hydrogen-bond donors (Lipinski definition) is 0. The Kier molecular flexibility index (Phi) is 4.44. The van der Waals surface area contributed by atoms with Crippen LogP contribution >= 0.6 is 11.6 Å². The normalized spacial score (nSPS) is 9.22. The van der Waals surface area contributed by atoms with E-state index in [1.165, 1.54) is 7.11 Å². The van der Waals surface area contributed by atoms with E-state index in [1.54, 1.807) is 7.05 Å². The molecule has 0 N–H and O–H groups in total. The van der Waals surface area contributed by atoms with Crippen molar-refractivity contribution < 1.29 is 9.63 Å². The highest BCUT2D eigenvalue weighted by Crippen LogP contribution is 1.91. The first-order valence-corrected chi connectivity index (χ1v) is 3.12. The number of rotatable bonds is 3. The van der Waals surface area contributed by atoms with Gasteiger partial charge in [0.05, 0.1) is 7.11 Å². The largest absolute Gasteiger partial charge is 0.275 e. The summed E-state index contributed by atoms with van der Waals surface area (Å²) < 4.78 is 0. The predicted octanol–water partition coefficient (Wildman–Crippen LogP) is 0.635. The van der Waals surface area contributed by atoms with Crippen LogP contribution in [-0.4, -0.2) is 31.0 Å². The Labute approximate surface area is 59.5 Å². The Morgan fingerprint density at radius 1 is 1.78 bits per heavy atom. The van der Waals surface area contributed by atoms with Gasteiger partial charge in [-0.25, -0.2) is 5.06 Å². The van der Waals surface area contributed by atoms with Gasteiger partial charge in [0.1, 0.15) is 0 Å². The molecule has 54 valence electrons. The van der Waals surface area contributed by atoms with E-state index >= 15 is 0 Å². The number of alkyl halides is 1. The molecule has 4 heteroatoms. The predicted molar refractivity (Wildman–Crippen MR) is 35.1 cm³/mol. The number of carbonyl (C=O) groups is 1. The zero-order chi connectivity index (χ0) is 7.28. The maximum atomic E-state index is 10.7. The van der Waals surface area contributed by atoms with Crippen molar-refractivity contribution in [2.45, 2.75) is 6.42 Å². The van der Waals surface area contributed by atoms with Crippen molar-refractivity contribution in [3.05, 3.63) is 0 Å². The van der Waals surface area contributed by atoms with E-state index in [0.717, 1.165) is 5.06 Å². The average molecular weight is 152 g/mol. The second-order valence-corrected chi connectivity index (χ2v) is 1.89. The van der Waals surface area contributed by atoms with Gasteiger partial charge in [-0.15, -0.1) is 11.6 Å². The second kappa shape index (κ2) is 4.58. The van der Waals surface area contributed by atoms with Crippen molar-refractivity contribution in [1.29, 1.82) is 0 Å². The Balaban J connectivity index is 3.46. The molecule has 9 heavy (non-hydrogen) atoms. The van der Waals surface area contributed by atoms with Crippen molar-refractivity contribution in [2.24, 2.45) is 0 Å². The maximum Gasteiger partial charge on any atom is 0.247 e. The van der Waals surface area contributed by atoms with E-state index in [1.807, 2.05) is 0 Å². The molecular formula is C5H10ClNO2. The molecule has 0 saturated carbocycles. The third-order valence-electron chi connectivity index (χ3n) is 0.933. The van der Waals surface area contributed by atoms with Crippen molar-refractivity contribution in [2.75, 3.05) is 20.0 Å². The summed E-state index contributed by atoms with van der Waals surface area (Å²) in [5.74, 6) is 0.236. The van der Waals surface area contributed by atoms with Crippen LogP contribution < -0.4 is 0 Å². The molecule has 0 saturated heterocycles. The SMILES string of the molecule is CON(C)C(=O)CCCl. The van der Waals surface area contributed by atoms with Crippen LogP contribution in [0.2, 0.25) is 0 Å². The average Bonchev–Trinajstić information content (AvgIpc) is 1.87. The zero-order valence-corrected chi connectivity index (χ0v) is 6.31. The highest BCUT2D eigenvalue weighted by molar-refractivity contribution is 6.18. The van der Waals surface area contributed by atoms with E-state index in [0.29, 0.717) is 12.3 Å². The third-order valence-corrected chi connectivity index (χ3v) is 1.12.